The van der Waals surface area contributed by atoms with Gasteiger partial charge in [0, 0.05) is 5.56 Å². The van der Waals surface area contributed by atoms with Crippen LogP contribution < -0.4 is 14.2 Å². The van der Waals surface area contributed by atoms with E-state index in [2.05, 4.69) is 0 Å². The van der Waals surface area contributed by atoms with Crippen molar-refractivity contribution in [2.45, 2.75) is 46.3 Å². The lowest BCUT2D eigenvalue weighted by molar-refractivity contribution is 0.0692. The van der Waals surface area contributed by atoms with Crippen molar-refractivity contribution < 1.29 is 24.1 Å². The van der Waals surface area contributed by atoms with Gasteiger partial charge in [-0.1, -0.05) is 111 Å². The highest BCUT2D eigenvalue weighted by Crippen LogP contribution is 2.51. The molecule has 0 aliphatic heterocycles. The summed E-state index contributed by atoms with van der Waals surface area (Å²) >= 11 is 13.2. The lowest BCUT2D eigenvalue weighted by Gasteiger charge is -2.28. The monoisotopic (exact) mass is 564 g/mol. The van der Waals surface area contributed by atoms with Gasteiger partial charge in [0.1, 0.15) is 13.2 Å². The summed E-state index contributed by atoms with van der Waals surface area (Å²) in [6.07, 6.45) is 0. The van der Waals surface area contributed by atoms with Crippen molar-refractivity contribution in [2.24, 2.45) is 0 Å². The molecule has 7 heteroatoms. The molecule has 5 nitrogen and oxygen atoms in total. The normalized spacial score (nSPS) is 11.2. The summed E-state index contributed by atoms with van der Waals surface area (Å²) in [5, 5.41) is 10.9. The second-order valence-corrected chi connectivity index (χ2v) is 11.0. The van der Waals surface area contributed by atoms with Crippen LogP contribution in [0, 0.1) is 6.92 Å². The molecule has 4 aromatic carbocycles. The topological polar surface area (TPSA) is 65.0 Å². The van der Waals surface area contributed by atoms with Gasteiger partial charge in [-0.05, 0) is 41.2 Å². The number of carbonyl (C=O) groups is 1. The molecule has 0 radical (unpaired) electrons. The number of aryl methyl sites for hydroxylation is 1. The van der Waals surface area contributed by atoms with Crippen LogP contribution in [0.5, 0.6) is 23.0 Å². The zero-order chi connectivity index (χ0) is 28.2. The first-order valence-corrected chi connectivity index (χ1v) is 13.2. The molecule has 0 fully saturated rings. The van der Waals surface area contributed by atoms with Gasteiger partial charge < -0.3 is 19.3 Å². The average Bonchev–Trinajstić information content (AvgIpc) is 2.91. The number of hydrogen-bond donors (Lipinski definition) is 1. The highest BCUT2D eigenvalue weighted by molar-refractivity contribution is 6.37. The first-order chi connectivity index (χ1) is 18.6. The van der Waals surface area contributed by atoms with Crippen molar-refractivity contribution in [3.8, 4) is 23.0 Å². The van der Waals surface area contributed by atoms with E-state index in [9.17, 15) is 9.90 Å². The summed E-state index contributed by atoms with van der Waals surface area (Å²) < 4.78 is 19.0. The van der Waals surface area contributed by atoms with Crippen LogP contribution in [0.3, 0.4) is 0 Å². The SMILES string of the molecule is Cc1ccc(Cl)c(Oc2c(OCc3ccccc3)cc(C(=O)O)c(C(C)(C)C)c2OCc2ccccc2)c1Cl. The molecule has 1 N–H and O–H groups in total. The van der Waals surface area contributed by atoms with Crippen molar-refractivity contribution in [1.82, 2.24) is 0 Å². The fraction of sp³-hybridized carbons (Fsp3) is 0.219. The van der Waals surface area contributed by atoms with Crippen LogP contribution in [0.15, 0.2) is 78.9 Å². The highest BCUT2D eigenvalue weighted by atomic mass is 35.5. The Morgan fingerprint density at radius 1 is 0.795 bits per heavy atom. The summed E-state index contributed by atoms with van der Waals surface area (Å²) in [5.41, 5.74) is 2.47. The van der Waals surface area contributed by atoms with Gasteiger partial charge in [-0.3, -0.25) is 0 Å². The Kier molecular flexibility index (Phi) is 8.73. The fourth-order valence-corrected chi connectivity index (χ4v) is 4.61. The van der Waals surface area contributed by atoms with Crippen LogP contribution in [0.4, 0.5) is 0 Å². The van der Waals surface area contributed by atoms with E-state index in [0.717, 1.165) is 16.7 Å². The molecular weight excluding hydrogens is 535 g/mol. The molecule has 0 unspecified atom stereocenters. The Morgan fingerprint density at radius 2 is 1.36 bits per heavy atom. The minimum atomic E-state index is -1.10. The van der Waals surface area contributed by atoms with Crippen molar-refractivity contribution in [2.75, 3.05) is 0 Å². The highest BCUT2D eigenvalue weighted by Gasteiger charge is 2.33. The maximum Gasteiger partial charge on any atom is 0.336 e. The zero-order valence-electron chi connectivity index (χ0n) is 22.3. The van der Waals surface area contributed by atoms with Crippen LogP contribution >= 0.6 is 23.2 Å². The smallest absolute Gasteiger partial charge is 0.336 e. The van der Waals surface area contributed by atoms with Gasteiger partial charge in [-0.15, -0.1) is 0 Å². The van der Waals surface area contributed by atoms with Crippen LogP contribution in [0.1, 0.15) is 53.4 Å². The number of carboxylic acid groups (broad SMARTS) is 1. The van der Waals surface area contributed by atoms with Crippen molar-refractivity contribution >= 4 is 29.2 Å². The molecule has 4 aromatic rings. The molecule has 0 heterocycles. The molecule has 0 aliphatic rings. The van der Waals surface area contributed by atoms with Gasteiger partial charge in [0.2, 0.25) is 5.75 Å². The molecule has 0 bridgehead atoms. The minimum absolute atomic E-state index is 0.0578. The summed E-state index contributed by atoms with van der Waals surface area (Å²) in [4.78, 5) is 12.5. The number of rotatable bonds is 9. The number of carboxylic acids is 1. The van der Waals surface area contributed by atoms with E-state index < -0.39 is 11.4 Å². The summed E-state index contributed by atoms with van der Waals surface area (Å²) in [7, 11) is 0. The fourth-order valence-electron chi connectivity index (χ4n) is 4.16. The average molecular weight is 565 g/mol. The number of benzene rings is 4. The third-order valence-electron chi connectivity index (χ3n) is 6.09. The molecule has 4 rings (SSSR count). The first kappa shape index (κ1) is 28.3. The molecule has 0 spiro atoms. The standard InChI is InChI=1S/C32H30Cl2O5/c1-20-15-16-24(33)28(27(20)34)39-29-25(37-18-21-11-7-5-8-12-21)17-23(31(35)36)26(32(2,3)4)30(29)38-19-22-13-9-6-10-14-22/h5-17H,18-19H2,1-4H3,(H,35,36). The Labute approximate surface area is 238 Å². The number of ether oxygens (including phenoxy) is 3. The quantitative estimate of drug-likeness (QED) is 0.219. The van der Waals surface area contributed by atoms with E-state index >= 15 is 0 Å². The number of halogens is 2. The summed E-state index contributed by atoms with van der Waals surface area (Å²) in [5.74, 6) is -0.224. The summed E-state index contributed by atoms with van der Waals surface area (Å²) in [6.45, 7) is 7.97. The molecule has 0 aromatic heterocycles. The summed E-state index contributed by atoms with van der Waals surface area (Å²) in [6, 6.07) is 24.1. The largest absolute Gasteiger partial charge is 0.485 e. The Hall–Kier alpha value is -3.67. The van der Waals surface area contributed by atoms with Gasteiger partial charge in [-0.25, -0.2) is 4.79 Å². The second-order valence-electron chi connectivity index (χ2n) is 10.2. The first-order valence-electron chi connectivity index (χ1n) is 12.5. The molecule has 0 aliphatic carbocycles. The Morgan fingerprint density at radius 3 is 1.90 bits per heavy atom. The lowest BCUT2D eigenvalue weighted by atomic mass is 9.82. The van der Waals surface area contributed by atoms with Crippen LogP contribution in [0.2, 0.25) is 10.0 Å². The van der Waals surface area contributed by atoms with Gasteiger partial charge in [0.15, 0.2) is 17.2 Å². The maximum absolute atomic E-state index is 12.5. The van der Waals surface area contributed by atoms with E-state index in [4.69, 9.17) is 37.4 Å². The molecule has 39 heavy (non-hydrogen) atoms. The van der Waals surface area contributed by atoms with E-state index in [1.54, 1.807) is 12.1 Å². The van der Waals surface area contributed by atoms with Crippen molar-refractivity contribution in [3.63, 3.8) is 0 Å². The molecular formula is C32H30Cl2O5. The second kappa shape index (κ2) is 12.0. The Balaban J connectivity index is 1.94. The van der Waals surface area contributed by atoms with Crippen LogP contribution in [0.25, 0.3) is 0 Å². The van der Waals surface area contributed by atoms with Gasteiger partial charge in [-0.2, -0.15) is 0 Å². The lowest BCUT2D eigenvalue weighted by Crippen LogP contribution is -2.20. The third-order valence-corrected chi connectivity index (χ3v) is 6.86. The van der Waals surface area contributed by atoms with Gasteiger partial charge in [0.05, 0.1) is 15.6 Å². The number of hydrogen-bond acceptors (Lipinski definition) is 4. The van der Waals surface area contributed by atoms with Crippen LogP contribution in [-0.4, -0.2) is 11.1 Å². The van der Waals surface area contributed by atoms with E-state index in [0.29, 0.717) is 15.6 Å². The third kappa shape index (κ3) is 6.67. The predicted octanol–water partition coefficient (Wildman–Crippen LogP) is 9.25. The van der Waals surface area contributed by atoms with E-state index in [-0.39, 0.29) is 41.8 Å². The van der Waals surface area contributed by atoms with Gasteiger partial charge in [0.25, 0.3) is 0 Å². The molecule has 0 atom stereocenters. The Bertz CT molecular complexity index is 1460. The zero-order valence-corrected chi connectivity index (χ0v) is 23.8. The number of aromatic carboxylic acids is 1. The van der Waals surface area contributed by atoms with Gasteiger partial charge >= 0.3 is 5.97 Å². The molecule has 202 valence electrons. The molecule has 0 saturated heterocycles. The maximum atomic E-state index is 12.5. The van der Waals surface area contributed by atoms with E-state index in [1.807, 2.05) is 88.4 Å². The molecule has 0 saturated carbocycles. The van der Waals surface area contributed by atoms with Crippen molar-refractivity contribution in [3.05, 3.63) is 117 Å². The minimum Gasteiger partial charge on any atom is -0.485 e. The predicted molar refractivity (Wildman–Crippen MR) is 155 cm³/mol. The van der Waals surface area contributed by atoms with Crippen LogP contribution in [-0.2, 0) is 18.6 Å². The van der Waals surface area contributed by atoms with Crippen molar-refractivity contribution in [1.29, 1.82) is 0 Å². The van der Waals surface area contributed by atoms with E-state index in [1.165, 1.54) is 6.07 Å². The molecule has 0 amide bonds.